The third-order valence-electron chi connectivity index (χ3n) is 5.83. The Bertz CT molecular complexity index is 674. The minimum atomic E-state index is 0.102. The van der Waals surface area contributed by atoms with Crippen molar-refractivity contribution in [2.24, 2.45) is 0 Å². The summed E-state index contributed by atoms with van der Waals surface area (Å²) in [5.74, 6) is 1.51. The molecular weight excluding hydrogens is 340 g/mol. The Kier molecular flexibility index (Phi) is 6.75. The molecule has 0 saturated carbocycles. The fraction of sp³-hybridized carbons (Fsp3) is 0.636. The minimum absolute atomic E-state index is 0.102. The Morgan fingerprint density at radius 2 is 2.11 bits per heavy atom. The summed E-state index contributed by atoms with van der Waals surface area (Å²) in [6.07, 6.45) is 7.15. The van der Waals surface area contributed by atoms with Crippen molar-refractivity contribution in [1.29, 1.82) is 0 Å². The zero-order valence-corrected chi connectivity index (χ0v) is 16.6. The third-order valence-corrected chi connectivity index (χ3v) is 5.83. The van der Waals surface area contributed by atoms with Gasteiger partial charge in [-0.25, -0.2) is 0 Å². The second-order valence-corrected chi connectivity index (χ2v) is 7.85. The fourth-order valence-corrected chi connectivity index (χ4v) is 4.42. The van der Waals surface area contributed by atoms with E-state index in [2.05, 4.69) is 17.4 Å². The third kappa shape index (κ3) is 5.02. The van der Waals surface area contributed by atoms with E-state index < -0.39 is 0 Å². The highest BCUT2D eigenvalue weighted by molar-refractivity contribution is 5.78. The van der Waals surface area contributed by atoms with Crippen molar-refractivity contribution >= 4 is 11.8 Å². The van der Waals surface area contributed by atoms with Crippen molar-refractivity contribution in [1.82, 2.24) is 10.2 Å². The van der Waals surface area contributed by atoms with Crippen LogP contribution in [0, 0.1) is 0 Å². The van der Waals surface area contributed by atoms with E-state index >= 15 is 0 Å². The minimum Gasteiger partial charge on any atom is -0.497 e. The Morgan fingerprint density at radius 3 is 2.89 bits per heavy atom. The van der Waals surface area contributed by atoms with Gasteiger partial charge in [-0.05, 0) is 67.7 Å². The monoisotopic (exact) mass is 372 g/mol. The maximum absolute atomic E-state index is 12.9. The number of hydrogen-bond acceptors (Lipinski definition) is 3. The number of methoxy groups -OCH3 is 1. The molecular formula is C22H32N2O3. The number of rotatable bonds is 6. The number of carbonyl (C=O) groups is 2. The van der Waals surface area contributed by atoms with Gasteiger partial charge in [-0.15, -0.1) is 0 Å². The Morgan fingerprint density at radius 1 is 1.26 bits per heavy atom. The van der Waals surface area contributed by atoms with Crippen LogP contribution in [0.2, 0.25) is 0 Å². The van der Waals surface area contributed by atoms with E-state index in [4.69, 9.17) is 4.74 Å². The quantitative estimate of drug-likeness (QED) is 0.832. The van der Waals surface area contributed by atoms with E-state index in [9.17, 15) is 9.59 Å². The number of nitrogens with zero attached hydrogens (tertiary/aromatic N) is 1. The van der Waals surface area contributed by atoms with Crippen LogP contribution in [0.3, 0.4) is 0 Å². The molecule has 1 fully saturated rings. The predicted molar refractivity (Wildman–Crippen MR) is 106 cm³/mol. The molecule has 0 aromatic heterocycles. The zero-order valence-electron chi connectivity index (χ0n) is 16.6. The molecule has 1 aromatic carbocycles. The molecule has 1 aliphatic heterocycles. The van der Waals surface area contributed by atoms with Gasteiger partial charge in [0.1, 0.15) is 5.75 Å². The molecule has 2 atom stereocenters. The summed E-state index contributed by atoms with van der Waals surface area (Å²) in [4.78, 5) is 26.8. The van der Waals surface area contributed by atoms with E-state index in [1.165, 1.54) is 11.1 Å². The Balaban J connectivity index is 1.60. The number of aryl methyl sites for hydroxylation is 1. The van der Waals surface area contributed by atoms with Crippen LogP contribution in [0.5, 0.6) is 5.75 Å². The number of carbonyl (C=O) groups excluding carboxylic acids is 2. The number of nitrogens with one attached hydrogen (secondary N) is 1. The van der Waals surface area contributed by atoms with Crippen molar-refractivity contribution in [2.75, 3.05) is 20.2 Å². The molecule has 0 spiro atoms. The summed E-state index contributed by atoms with van der Waals surface area (Å²) in [5, 5.41) is 3.09. The van der Waals surface area contributed by atoms with E-state index in [0.29, 0.717) is 25.3 Å². The summed E-state index contributed by atoms with van der Waals surface area (Å²) in [5.41, 5.74) is 2.63. The summed E-state index contributed by atoms with van der Waals surface area (Å²) in [7, 11) is 1.69. The van der Waals surface area contributed by atoms with Gasteiger partial charge >= 0.3 is 0 Å². The molecule has 0 radical (unpaired) electrons. The van der Waals surface area contributed by atoms with Crippen molar-refractivity contribution in [3.05, 3.63) is 29.3 Å². The van der Waals surface area contributed by atoms with Gasteiger partial charge in [0, 0.05) is 32.0 Å². The number of amides is 2. The number of piperidine rings is 1. The van der Waals surface area contributed by atoms with Crippen LogP contribution >= 0.6 is 0 Å². The maximum Gasteiger partial charge on any atom is 0.223 e. The van der Waals surface area contributed by atoms with Crippen molar-refractivity contribution in [3.63, 3.8) is 0 Å². The summed E-state index contributed by atoms with van der Waals surface area (Å²) in [6, 6.07) is 6.35. The number of benzene rings is 1. The molecule has 2 amide bonds. The van der Waals surface area contributed by atoms with Gasteiger partial charge in [-0.1, -0.05) is 13.0 Å². The molecule has 3 rings (SSSR count). The number of fused-ring (bicyclic) bond motifs is 1. The first-order chi connectivity index (χ1) is 13.1. The lowest BCUT2D eigenvalue weighted by Gasteiger charge is -2.35. The van der Waals surface area contributed by atoms with Gasteiger partial charge in [0.15, 0.2) is 0 Å². The molecule has 2 unspecified atom stereocenters. The lowest BCUT2D eigenvalue weighted by atomic mass is 9.80. The molecule has 1 aliphatic carbocycles. The summed E-state index contributed by atoms with van der Waals surface area (Å²) in [6.45, 7) is 3.46. The molecule has 1 aromatic rings. The topological polar surface area (TPSA) is 58.6 Å². The number of hydrogen-bond donors (Lipinski definition) is 1. The SMILES string of the molecule is CCCC(=O)NC1CCCN(C(=O)CC2CCCc3cc(OC)ccc32)C1. The van der Waals surface area contributed by atoms with Crippen LogP contribution in [0.1, 0.15) is 68.9 Å². The van der Waals surface area contributed by atoms with Crippen molar-refractivity contribution < 1.29 is 14.3 Å². The molecule has 1 N–H and O–H groups in total. The van der Waals surface area contributed by atoms with Crippen LogP contribution in [0.4, 0.5) is 0 Å². The average Bonchev–Trinajstić information content (AvgIpc) is 2.68. The van der Waals surface area contributed by atoms with Crippen LogP contribution in [-0.2, 0) is 16.0 Å². The molecule has 148 valence electrons. The van der Waals surface area contributed by atoms with Gasteiger partial charge in [-0.3, -0.25) is 9.59 Å². The summed E-state index contributed by atoms with van der Waals surface area (Å²) >= 11 is 0. The van der Waals surface area contributed by atoms with Gasteiger partial charge in [-0.2, -0.15) is 0 Å². The first kappa shape index (κ1) is 19.7. The molecule has 27 heavy (non-hydrogen) atoms. The normalized spacial score (nSPS) is 22.1. The Hall–Kier alpha value is -2.04. The van der Waals surface area contributed by atoms with Crippen LogP contribution < -0.4 is 10.1 Å². The Labute approximate surface area is 162 Å². The highest BCUT2D eigenvalue weighted by Gasteiger charge is 2.28. The predicted octanol–water partition coefficient (Wildman–Crippen LogP) is 3.41. The standard InChI is InChI=1S/C22H32N2O3/c1-3-6-21(25)23-18-9-5-12-24(15-18)22(26)14-17-8-4-7-16-13-19(27-2)10-11-20(16)17/h10-11,13,17-18H,3-9,12,14-15H2,1-2H3,(H,23,25). The van der Waals surface area contributed by atoms with Gasteiger partial charge < -0.3 is 15.0 Å². The van der Waals surface area contributed by atoms with E-state index in [0.717, 1.165) is 50.8 Å². The molecule has 5 nitrogen and oxygen atoms in total. The van der Waals surface area contributed by atoms with Gasteiger partial charge in [0.05, 0.1) is 7.11 Å². The number of ether oxygens (including phenoxy) is 1. The van der Waals surface area contributed by atoms with Crippen molar-refractivity contribution in [3.8, 4) is 5.75 Å². The number of likely N-dealkylation sites (tertiary alicyclic amines) is 1. The fourth-order valence-electron chi connectivity index (χ4n) is 4.42. The van der Waals surface area contributed by atoms with Gasteiger partial charge in [0.25, 0.3) is 0 Å². The molecule has 1 saturated heterocycles. The van der Waals surface area contributed by atoms with Crippen LogP contribution in [-0.4, -0.2) is 43.0 Å². The first-order valence-corrected chi connectivity index (χ1v) is 10.3. The van der Waals surface area contributed by atoms with Crippen molar-refractivity contribution in [2.45, 2.75) is 70.3 Å². The second-order valence-electron chi connectivity index (χ2n) is 7.85. The van der Waals surface area contributed by atoms with Gasteiger partial charge in [0.2, 0.25) is 11.8 Å². The smallest absolute Gasteiger partial charge is 0.223 e. The molecule has 2 aliphatic rings. The summed E-state index contributed by atoms with van der Waals surface area (Å²) < 4.78 is 5.34. The molecule has 1 heterocycles. The maximum atomic E-state index is 12.9. The first-order valence-electron chi connectivity index (χ1n) is 10.3. The van der Waals surface area contributed by atoms with E-state index in [1.54, 1.807) is 7.11 Å². The second kappa shape index (κ2) is 9.25. The molecule has 0 bridgehead atoms. The van der Waals surface area contributed by atoms with Crippen LogP contribution in [0.25, 0.3) is 0 Å². The molecule has 5 heteroatoms. The van der Waals surface area contributed by atoms with E-state index in [1.807, 2.05) is 17.9 Å². The highest BCUT2D eigenvalue weighted by Crippen LogP contribution is 2.36. The lowest BCUT2D eigenvalue weighted by molar-refractivity contribution is -0.134. The highest BCUT2D eigenvalue weighted by atomic mass is 16.5. The van der Waals surface area contributed by atoms with Crippen LogP contribution in [0.15, 0.2) is 18.2 Å². The average molecular weight is 373 g/mol. The largest absolute Gasteiger partial charge is 0.497 e. The zero-order chi connectivity index (χ0) is 19.2. The van der Waals surface area contributed by atoms with E-state index in [-0.39, 0.29) is 17.9 Å². The lowest BCUT2D eigenvalue weighted by Crippen LogP contribution is -2.49.